The number of fused-ring (bicyclic) bond motifs is 1. The van der Waals surface area contributed by atoms with E-state index in [1.54, 1.807) is 44.6 Å². The van der Waals surface area contributed by atoms with Crippen molar-refractivity contribution in [1.82, 2.24) is 0 Å². The number of nitrogens with two attached hydrogens (primary N) is 1. The van der Waals surface area contributed by atoms with E-state index in [1.165, 1.54) is 28.4 Å². The average Bonchev–Trinajstić information content (AvgIpc) is 2.80. The minimum absolute atomic E-state index is 0.219. The zero-order chi connectivity index (χ0) is 22.7. The molecule has 0 saturated heterocycles. The largest absolute Gasteiger partial charge is 0.493 e. The van der Waals surface area contributed by atoms with Crippen LogP contribution in [0.5, 0.6) is 28.7 Å². The van der Waals surface area contributed by atoms with E-state index in [-0.39, 0.29) is 11.3 Å². The number of rotatable bonds is 7. The van der Waals surface area contributed by atoms with Gasteiger partial charge < -0.3 is 34.2 Å². The lowest BCUT2D eigenvalue weighted by Crippen LogP contribution is -2.09. The Hall–Kier alpha value is -3.81. The van der Waals surface area contributed by atoms with Crippen molar-refractivity contribution in [2.45, 2.75) is 0 Å². The van der Waals surface area contributed by atoms with Crippen molar-refractivity contribution in [3.8, 4) is 39.9 Å². The first-order chi connectivity index (χ1) is 14.9. The fraction of sp³-hybridized carbons (Fsp3) is 0.261. The van der Waals surface area contributed by atoms with Gasteiger partial charge in [0.25, 0.3) is 0 Å². The van der Waals surface area contributed by atoms with Gasteiger partial charge >= 0.3 is 5.97 Å². The van der Waals surface area contributed by atoms with Crippen molar-refractivity contribution in [3.63, 3.8) is 0 Å². The number of nitrogen functional groups attached to an aromatic ring is 1. The Labute approximate surface area is 180 Å². The van der Waals surface area contributed by atoms with Gasteiger partial charge in [0, 0.05) is 11.3 Å². The van der Waals surface area contributed by atoms with E-state index in [0.717, 1.165) is 5.39 Å². The topological polar surface area (TPSA) is 98.5 Å². The van der Waals surface area contributed by atoms with Gasteiger partial charge in [0.2, 0.25) is 5.75 Å². The van der Waals surface area contributed by atoms with Crippen molar-refractivity contribution in [1.29, 1.82) is 0 Å². The molecular weight excluding hydrogens is 402 g/mol. The number of methoxy groups -OCH3 is 6. The summed E-state index contributed by atoms with van der Waals surface area (Å²) in [5.41, 5.74) is 7.95. The number of hydrogen-bond acceptors (Lipinski definition) is 8. The molecule has 2 N–H and O–H groups in total. The van der Waals surface area contributed by atoms with Crippen molar-refractivity contribution in [2.24, 2.45) is 0 Å². The van der Waals surface area contributed by atoms with Crippen LogP contribution in [-0.2, 0) is 4.74 Å². The van der Waals surface area contributed by atoms with Gasteiger partial charge in [-0.25, -0.2) is 4.79 Å². The molecule has 0 aliphatic rings. The third-order valence-corrected chi connectivity index (χ3v) is 5.02. The van der Waals surface area contributed by atoms with Gasteiger partial charge in [-0.15, -0.1) is 0 Å². The quantitative estimate of drug-likeness (QED) is 0.448. The number of anilines is 1. The van der Waals surface area contributed by atoms with Crippen LogP contribution in [0.1, 0.15) is 10.4 Å². The molecule has 0 unspecified atom stereocenters. The van der Waals surface area contributed by atoms with Gasteiger partial charge in [0.15, 0.2) is 23.0 Å². The van der Waals surface area contributed by atoms with Crippen LogP contribution < -0.4 is 29.4 Å². The summed E-state index contributed by atoms with van der Waals surface area (Å²) in [5.74, 6) is 1.77. The molecule has 0 aromatic heterocycles. The maximum absolute atomic E-state index is 12.7. The van der Waals surface area contributed by atoms with Crippen LogP contribution in [0.2, 0.25) is 0 Å². The molecule has 0 atom stereocenters. The predicted octanol–water partition coefficient (Wildman–Crippen LogP) is 3.92. The van der Waals surface area contributed by atoms with E-state index < -0.39 is 5.97 Å². The summed E-state index contributed by atoms with van der Waals surface area (Å²) in [4.78, 5) is 12.7. The van der Waals surface area contributed by atoms with E-state index >= 15 is 0 Å². The zero-order valence-corrected chi connectivity index (χ0v) is 18.3. The van der Waals surface area contributed by atoms with Gasteiger partial charge in [-0.1, -0.05) is 0 Å². The van der Waals surface area contributed by atoms with Gasteiger partial charge in [0.05, 0.1) is 48.2 Å². The maximum atomic E-state index is 12.7. The van der Waals surface area contributed by atoms with Gasteiger partial charge in [-0.3, -0.25) is 0 Å². The summed E-state index contributed by atoms with van der Waals surface area (Å²) in [5, 5.41) is 1.47. The number of hydrogen-bond donors (Lipinski definition) is 1. The molecule has 0 spiro atoms. The van der Waals surface area contributed by atoms with Gasteiger partial charge in [0.1, 0.15) is 0 Å². The summed E-state index contributed by atoms with van der Waals surface area (Å²) < 4.78 is 32.3. The Morgan fingerprint density at radius 1 is 0.710 bits per heavy atom. The number of carbonyl (C=O) groups is 1. The molecule has 0 saturated carbocycles. The third kappa shape index (κ3) is 3.72. The van der Waals surface area contributed by atoms with Crippen LogP contribution in [0, 0.1) is 0 Å². The molecule has 0 bridgehead atoms. The van der Waals surface area contributed by atoms with Crippen LogP contribution in [0.4, 0.5) is 5.69 Å². The molecule has 0 heterocycles. The Morgan fingerprint density at radius 2 is 1.26 bits per heavy atom. The molecular formula is C23H25NO7. The van der Waals surface area contributed by atoms with Gasteiger partial charge in [-0.05, 0) is 46.7 Å². The Balaban J connectivity index is 2.51. The molecule has 0 fully saturated rings. The Bertz CT molecular complexity index is 1120. The average molecular weight is 427 g/mol. The second kappa shape index (κ2) is 8.91. The lowest BCUT2D eigenvalue weighted by Gasteiger charge is -2.19. The molecule has 164 valence electrons. The van der Waals surface area contributed by atoms with Crippen LogP contribution in [0.3, 0.4) is 0 Å². The van der Waals surface area contributed by atoms with Crippen LogP contribution in [-0.4, -0.2) is 48.6 Å². The highest BCUT2D eigenvalue weighted by molar-refractivity contribution is 6.13. The smallest absolute Gasteiger partial charge is 0.340 e. The maximum Gasteiger partial charge on any atom is 0.340 e. The minimum atomic E-state index is -0.571. The monoisotopic (exact) mass is 427 g/mol. The summed E-state index contributed by atoms with van der Waals surface area (Å²) >= 11 is 0. The van der Waals surface area contributed by atoms with Crippen molar-refractivity contribution in [2.75, 3.05) is 48.4 Å². The second-order valence-electron chi connectivity index (χ2n) is 6.55. The first-order valence-corrected chi connectivity index (χ1v) is 9.30. The Morgan fingerprint density at radius 3 is 1.74 bits per heavy atom. The summed E-state index contributed by atoms with van der Waals surface area (Å²) in [6.07, 6.45) is 0. The molecule has 0 aliphatic heterocycles. The molecule has 0 radical (unpaired) electrons. The molecule has 0 amide bonds. The van der Waals surface area contributed by atoms with E-state index in [1.807, 2.05) is 0 Å². The third-order valence-electron chi connectivity index (χ3n) is 5.02. The highest BCUT2D eigenvalue weighted by Gasteiger charge is 2.24. The first kappa shape index (κ1) is 21.9. The number of ether oxygens (including phenoxy) is 6. The Kier molecular flexibility index (Phi) is 6.29. The normalized spacial score (nSPS) is 10.5. The fourth-order valence-corrected chi connectivity index (χ4v) is 3.60. The first-order valence-electron chi connectivity index (χ1n) is 9.30. The lowest BCUT2D eigenvalue weighted by atomic mass is 9.91. The van der Waals surface area contributed by atoms with E-state index in [0.29, 0.717) is 45.3 Å². The number of carbonyl (C=O) groups excluding carboxylic acids is 1. The van der Waals surface area contributed by atoms with E-state index in [4.69, 9.17) is 34.2 Å². The second-order valence-corrected chi connectivity index (χ2v) is 6.55. The zero-order valence-electron chi connectivity index (χ0n) is 18.3. The van der Waals surface area contributed by atoms with E-state index in [9.17, 15) is 4.79 Å². The van der Waals surface area contributed by atoms with Crippen molar-refractivity contribution < 1.29 is 33.2 Å². The standard InChI is InChI=1S/C23H25NO7/c1-26-16-8-12-7-15(24)21(23(25)31-6)20(14(12)11-17(16)27-2)13-9-18(28-3)22(30-5)19(10-13)29-4/h7-11H,24H2,1-6H3. The summed E-state index contributed by atoms with van der Waals surface area (Å²) in [7, 11) is 8.96. The molecule has 3 aromatic rings. The fourth-order valence-electron chi connectivity index (χ4n) is 3.60. The molecule has 8 nitrogen and oxygen atoms in total. The van der Waals surface area contributed by atoms with Crippen LogP contribution >= 0.6 is 0 Å². The molecule has 0 aliphatic carbocycles. The van der Waals surface area contributed by atoms with Crippen LogP contribution in [0.15, 0.2) is 30.3 Å². The highest BCUT2D eigenvalue weighted by Crippen LogP contribution is 2.46. The van der Waals surface area contributed by atoms with Crippen molar-refractivity contribution >= 4 is 22.4 Å². The van der Waals surface area contributed by atoms with Crippen molar-refractivity contribution in [3.05, 3.63) is 35.9 Å². The highest BCUT2D eigenvalue weighted by atomic mass is 16.5. The molecule has 31 heavy (non-hydrogen) atoms. The molecule has 3 aromatic carbocycles. The number of benzene rings is 3. The summed E-state index contributed by atoms with van der Waals surface area (Å²) in [6.45, 7) is 0. The van der Waals surface area contributed by atoms with E-state index in [2.05, 4.69) is 0 Å². The predicted molar refractivity (Wildman–Crippen MR) is 118 cm³/mol. The SMILES string of the molecule is COC(=O)c1c(N)cc2cc(OC)c(OC)cc2c1-c1cc(OC)c(OC)c(OC)c1. The molecule has 8 heteroatoms. The summed E-state index contributed by atoms with van der Waals surface area (Å²) in [6, 6.07) is 8.79. The molecule has 3 rings (SSSR count). The number of esters is 1. The lowest BCUT2D eigenvalue weighted by molar-refractivity contribution is 0.0603. The van der Waals surface area contributed by atoms with Crippen LogP contribution in [0.25, 0.3) is 21.9 Å². The minimum Gasteiger partial charge on any atom is -0.493 e. The van der Waals surface area contributed by atoms with Gasteiger partial charge in [-0.2, -0.15) is 0 Å².